The molecule has 0 saturated carbocycles. The maximum absolute atomic E-state index is 13.4. The van der Waals surface area contributed by atoms with Gasteiger partial charge in [-0.2, -0.15) is 4.31 Å². The van der Waals surface area contributed by atoms with Crippen molar-refractivity contribution in [3.8, 4) is 0 Å². The van der Waals surface area contributed by atoms with Crippen LogP contribution in [-0.2, 0) is 21.4 Å². The van der Waals surface area contributed by atoms with Crippen LogP contribution in [0.4, 0.5) is 8.78 Å². The zero-order valence-electron chi connectivity index (χ0n) is 16.5. The minimum Gasteiger partial charge on any atom is -0.339 e. The Morgan fingerprint density at radius 1 is 1.17 bits per heavy atom. The Kier molecular flexibility index (Phi) is 7.03. The average molecular weight is 461 g/mol. The van der Waals surface area contributed by atoms with E-state index in [1.807, 2.05) is 13.8 Å². The number of amides is 1. The molecule has 3 rings (SSSR count). The van der Waals surface area contributed by atoms with Crippen LogP contribution in [0.25, 0.3) is 0 Å². The summed E-state index contributed by atoms with van der Waals surface area (Å²) in [4.78, 5) is 13.8. The van der Waals surface area contributed by atoms with E-state index in [1.54, 1.807) is 9.58 Å². The van der Waals surface area contributed by atoms with Crippen LogP contribution < -0.4 is 0 Å². The Hall–Kier alpha value is -2.12. The number of carbonyl (C=O) groups excluding carboxylic acids is 1. The first kappa shape index (κ1) is 22.6. The lowest BCUT2D eigenvalue weighted by Crippen LogP contribution is -2.51. The van der Waals surface area contributed by atoms with E-state index in [9.17, 15) is 22.0 Å². The van der Waals surface area contributed by atoms with Gasteiger partial charge in [0, 0.05) is 32.7 Å². The number of aromatic nitrogens is 4. The van der Waals surface area contributed by atoms with Crippen molar-refractivity contribution in [3.05, 3.63) is 29.8 Å². The van der Waals surface area contributed by atoms with Gasteiger partial charge in [-0.25, -0.2) is 21.9 Å². The van der Waals surface area contributed by atoms with E-state index in [0.29, 0.717) is 23.7 Å². The fraction of sp³-hybridized carbons (Fsp3) is 0.529. The highest BCUT2D eigenvalue weighted by atomic mass is 32.2. The molecule has 0 bridgehead atoms. The van der Waals surface area contributed by atoms with Gasteiger partial charge in [-0.15, -0.1) is 5.10 Å². The molecule has 1 amide bonds. The summed E-state index contributed by atoms with van der Waals surface area (Å²) in [5, 5.41) is 12.0. The van der Waals surface area contributed by atoms with E-state index in [2.05, 4.69) is 15.5 Å². The third kappa shape index (κ3) is 5.13. The zero-order valence-corrected chi connectivity index (χ0v) is 18.2. The Morgan fingerprint density at radius 2 is 1.87 bits per heavy atom. The molecule has 9 nitrogen and oxygen atoms in total. The standard InChI is InChI=1S/C17H22F2N6O3S2/c1-12(2)10-25-17(20-21-22-25)29-11-16(26)23-5-7-24(8-6-23)30(27,28)13-3-4-14(18)15(19)9-13/h3-4,9,12H,5-8,10-11H2,1-2H3. The molecule has 1 fully saturated rings. The van der Waals surface area contributed by atoms with Crippen molar-refractivity contribution >= 4 is 27.7 Å². The molecule has 0 spiro atoms. The summed E-state index contributed by atoms with van der Waals surface area (Å²) in [6.07, 6.45) is 0. The maximum Gasteiger partial charge on any atom is 0.243 e. The van der Waals surface area contributed by atoms with E-state index in [-0.39, 0.29) is 42.7 Å². The molecule has 2 aromatic rings. The minimum atomic E-state index is -3.96. The van der Waals surface area contributed by atoms with Crippen molar-refractivity contribution in [1.29, 1.82) is 0 Å². The van der Waals surface area contributed by atoms with E-state index < -0.39 is 21.7 Å². The summed E-state index contributed by atoms with van der Waals surface area (Å²) < 4.78 is 54.6. The lowest BCUT2D eigenvalue weighted by atomic mass is 10.2. The molecule has 1 aromatic heterocycles. The number of hydrogen-bond acceptors (Lipinski definition) is 7. The number of sulfonamides is 1. The number of rotatable bonds is 7. The molecule has 164 valence electrons. The maximum atomic E-state index is 13.4. The first-order valence-corrected chi connectivity index (χ1v) is 11.7. The van der Waals surface area contributed by atoms with Gasteiger partial charge in [0.05, 0.1) is 10.6 Å². The highest BCUT2D eigenvalue weighted by Crippen LogP contribution is 2.21. The first-order valence-electron chi connectivity index (χ1n) is 9.30. The molecule has 13 heteroatoms. The number of nitrogens with zero attached hydrogens (tertiary/aromatic N) is 6. The van der Waals surface area contributed by atoms with Crippen LogP contribution in [0, 0.1) is 17.6 Å². The Bertz CT molecular complexity index is 1010. The molecular weight excluding hydrogens is 438 g/mol. The second kappa shape index (κ2) is 9.35. The van der Waals surface area contributed by atoms with E-state index >= 15 is 0 Å². The number of tetrazole rings is 1. The Balaban J connectivity index is 1.55. The SMILES string of the molecule is CC(C)Cn1nnnc1SCC(=O)N1CCN(S(=O)(=O)c2ccc(F)c(F)c2)CC1. The fourth-order valence-corrected chi connectivity index (χ4v) is 5.17. The molecule has 0 N–H and O–H groups in total. The van der Waals surface area contributed by atoms with Gasteiger partial charge >= 0.3 is 0 Å². The smallest absolute Gasteiger partial charge is 0.243 e. The van der Waals surface area contributed by atoms with Gasteiger partial charge in [-0.3, -0.25) is 4.79 Å². The Morgan fingerprint density at radius 3 is 2.50 bits per heavy atom. The highest BCUT2D eigenvalue weighted by molar-refractivity contribution is 7.99. The summed E-state index contributed by atoms with van der Waals surface area (Å²) in [6.45, 7) is 5.28. The molecule has 0 atom stereocenters. The monoisotopic (exact) mass is 460 g/mol. The number of benzene rings is 1. The molecule has 1 saturated heterocycles. The topological polar surface area (TPSA) is 101 Å². The third-order valence-electron chi connectivity index (χ3n) is 4.48. The van der Waals surface area contributed by atoms with E-state index in [4.69, 9.17) is 0 Å². The highest BCUT2D eigenvalue weighted by Gasteiger charge is 2.30. The van der Waals surface area contributed by atoms with Gasteiger partial charge < -0.3 is 4.90 Å². The van der Waals surface area contributed by atoms with Crippen LogP contribution in [0.5, 0.6) is 0 Å². The van der Waals surface area contributed by atoms with Gasteiger partial charge in [0.2, 0.25) is 21.1 Å². The third-order valence-corrected chi connectivity index (χ3v) is 7.32. The number of piperazine rings is 1. The van der Waals surface area contributed by atoms with Crippen molar-refractivity contribution in [2.75, 3.05) is 31.9 Å². The van der Waals surface area contributed by atoms with Crippen molar-refractivity contribution in [1.82, 2.24) is 29.4 Å². The van der Waals surface area contributed by atoms with Crippen molar-refractivity contribution in [2.24, 2.45) is 5.92 Å². The minimum absolute atomic E-state index is 0.0722. The predicted octanol–water partition coefficient (Wildman–Crippen LogP) is 1.23. The quantitative estimate of drug-likeness (QED) is 0.573. The number of carbonyl (C=O) groups is 1. The first-order chi connectivity index (χ1) is 14.2. The van der Waals surface area contributed by atoms with Crippen LogP contribution in [-0.4, -0.2) is 75.7 Å². The van der Waals surface area contributed by atoms with Gasteiger partial charge in [0.15, 0.2) is 11.6 Å². The fourth-order valence-electron chi connectivity index (χ4n) is 2.94. The van der Waals surface area contributed by atoms with Crippen LogP contribution in [0.3, 0.4) is 0 Å². The van der Waals surface area contributed by atoms with Crippen LogP contribution in [0.15, 0.2) is 28.3 Å². The number of halogens is 2. The van der Waals surface area contributed by atoms with Crippen LogP contribution in [0.2, 0.25) is 0 Å². The molecule has 30 heavy (non-hydrogen) atoms. The lowest BCUT2D eigenvalue weighted by molar-refractivity contribution is -0.129. The Labute approximate surface area is 177 Å². The number of hydrogen-bond donors (Lipinski definition) is 0. The van der Waals surface area contributed by atoms with Crippen molar-refractivity contribution in [2.45, 2.75) is 30.4 Å². The average Bonchev–Trinajstić information content (AvgIpc) is 3.14. The second-order valence-electron chi connectivity index (χ2n) is 7.19. The lowest BCUT2D eigenvalue weighted by Gasteiger charge is -2.34. The molecule has 1 aromatic carbocycles. The summed E-state index contributed by atoms with van der Waals surface area (Å²) in [5.41, 5.74) is 0. The summed E-state index contributed by atoms with van der Waals surface area (Å²) in [7, 11) is -3.96. The van der Waals surface area contributed by atoms with Crippen molar-refractivity contribution < 1.29 is 22.0 Å². The van der Waals surface area contributed by atoms with E-state index in [0.717, 1.165) is 12.1 Å². The molecule has 0 aliphatic carbocycles. The molecule has 1 aliphatic rings. The second-order valence-corrected chi connectivity index (χ2v) is 10.1. The number of thioether (sulfide) groups is 1. The molecular formula is C17H22F2N6O3S2. The molecule has 0 radical (unpaired) electrons. The predicted molar refractivity (Wildman–Crippen MR) is 105 cm³/mol. The molecule has 1 aliphatic heterocycles. The van der Waals surface area contributed by atoms with Gasteiger partial charge in [-0.05, 0) is 34.5 Å². The van der Waals surface area contributed by atoms with Crippen LogP contribution in [0.1, 0.15) is 13.8 Å². The summed E-state index contributed by atoms with van der Waals surface area (Å²) in [5.74, 6) is -1.99. The van der Waals surface area contributed by atoms with E-state index in [1.165, 1.54) is 16.1 Å². The summed E-state index contributed by atoms with van der Waals surface area (Å²) in [6, 6.07) is 2.48. The van der Waals surface area contributed by atoms with Gasteiger partial charge in [0.25, 0.3) is 0 Å². The van der Waals surface area contributed by atoms with Gasteiger partial charge in [0.1, 0.15) is 0 Å². The van der Waals surface area contributed by atoms with Crippen LogP contribution >= 0.6 is 11.8 Å². The molecule has 0 unspecified atom stereocenters. The largest absolute Gasteiger partial charge is 0.339 e. The zero-order chi connectivity index (χ0) is 21.9. The van der Waals surface area contributed by atoms with Gasteiger partial charge in [-0.1, -0.05) is 25.6 Å². The normalized spacial score (nSPS) is 15.7. The van der Waals surface area contributed by atoms with Crippen molar-refractivity contribution in [3.63, 3.8) is 0 Å². The molecule has 2 heterocycles. The summed E-state index contributed by atoms with van der Waals surface area (Å²) >= 11 is 1.23.